The maximum atomic E-state index is 13.1. The van der Waals surface area contributed by atoms with E-state index in [1.807, 2.05) is 48.0 Å². The number of thioether (sulfide) groups is 1. The second kappa shape index (κ2) is 7.54. The lowest BCUT2D eigenvalue weighted by atomic mass is 10.1. The number of thiophene rings is 2. The first-order valence-electron chi connectivity index (χ1n) is 9.19. The zero-order valence-corrected chi connectivity index (χ0v) is 18.6. The summed E-state index contributed by atoms with van der Waals surface area (Å²) in [5, 5.41) is 6.19. The predicted octanol–water partition coefficient (Wildman–Crippen LogP) is 5.43. The third-order valence-corrected chi connectivity index (χ3v) is 7.76. The van der Waals surface area contributed by atoms with Gasteiger partial charge in [-0.25, -0.2) is 9.78 Å². The van der Waals surface area contributed by atoms with Crippen molar-refractivity contribution in [1.29, 1.82) is 0 Å². The van der Waals surface area contributed by atoms with E-state index < -0.39 is 0 Å². The van der Waals surface area contributed by atoms with Gasteiger partial charge in [-0.2, -0.15) is 0 Å². The molecule has 0 saturated heterocycles. The molecule has 0 amide bonds. The zero-order valence-electron chi connectivity index (χ0n) is 16.2. The van der Waals surface area contributed by atoms with Gasteiger partial charge >= 0.3 is 5.63 Å². The summed E-state index contributed by atoms with van der Waals surface area (Å²) >= 11 is 4.54. The molecular weight excluding hydrogens is 436 g/mol. The van der Waals surface area contributed by atoms with Gasteiger partial charge in [-0.3, -0.25) is 9.36 Å². The second-order valence-corrected chi connectivity index (χ2v) is 9.69. The molecule has 0 saturated carbocycles. The van der Waals surface area contributed by atoms with Crippen molar-refractivity contribution in [2.45, 2.75) is 17.8 Å². The zero-order chi connectivity index (χ0) is 20.8. The standard InChI is InChI=1S/C22H16N2O3S3/c1-12-5-6-14-13(9-18(25)27-16(14)8-12)10-30-22-23-20-19(21(26)24(22)2)15(11-29-20)17-4-3-7-28-17/h3-9,11H,10H2,1-2H3. The topological polar surface area (TPSA) is 65.1 Å². The molecule has 0 bridgehead atoms. The molecule has 0 aliphatic heterocycles. The fourth-order valence-electron chi connectivity index (χ4n) is 3.39. The summed E-state index contributed by atoms with van der Waals surface area (Å²) in [6.07, 6.45) is 0. The maximum absolute atomic E-state index is 13.1. The Morgan fingerprint density at radius 1 is 1.17 bits per heavy atom. The quantitative estimate of drug-likeness (QED) is 0.207. The Bertz CT molecular complexity index is 1510. The summed E-state index contributed by atoms with van der Waals surface area (Å²) in [4.78, 5) is 31.6. The van der Waals surface area contributed by atoms with Crippen LogP contribution in [0.1, 0.15) is 11.1 Å². The van der Waals surface area contributed by atoms with Gasteiger partial charge in [-0.15, -0.1) is 22.7 Å². The van der Waals surface area contributed by atoms with Crippen molar-refractivity contribution in [3.8, 4) is 10.4 Å². The van der Waals surface area contributed by atoms with Crippen LogP contribution in [0.3, 0.4) is 0 Å². The van der Waals surface area contributed by atoms with Crippen LogP contribution in [0.5, 0.6) is 0 Å². The monoisotopic (exact) mass is 452 g/mol. The summed E-state index contributed by atoms with van der Waals surface area (Å²) in [5.41, 5.74) is 2.99. The lowest BCUT2D eigenvalue weighted by molar-refractivity contribution is 0.559. The maximum Gasteiger partial charge on any atom is 0.336 e. The number of hydrogen-bond acceptors (Lipinski definition) is 7. The van der Waals surface area contributed by atoms with Gasteiger partial charge in [0.15, 0.2) is 5.16 Å². The van der Waals surface area contributed by atoms with E-state index in [1.165, 1.54) is 29.2 Å². The van der Waals surface area contributed by atoms with Gasteiger partial charge in [-0.05, 0) is 35.6 Å². The molecule has 0 aliphatic rings. The minimum atomic E-state index is -0.375. The first-order chi connectivity index (χ1) is 14.5. The van der Waals surface area contributed by atoms with Crippen molar-refractivity contribution in [2.24, 2.45) is 7.05 Å². The fourth-order valence-corrected chi connectivity index (χ4v) is 6.16. The minimum Gasteiger partial charge on any atom is -0.423 e. The van der Waals surface area contributed by atoms with Gasteiger partial charge in [0.1, 0.15) is 10.4 Å². The van der Waals surface area contributed by atoms with E-state index in [-0.39, 0.29) is 11.2 Å². The number of aryl methyl sites for hydroxylation is 1. The molecule has 4 heterocycles. The van der Waals surface area contributed by atoms with E-state index in [1.54, 1.807) is 23.0 Å². The Morgan fingerprint density at radius 3 is 2.83 bits per heavy atom. The van der Waals surface area contributed by atoms with Crippen LogP contribution in [0.25, 0.3) is 31.6 Å². The molecule has 0 fully saturated rings. The molecule has 8 heteroatoms. The SMILES string of the molecule is Cc1ccc2c(CSc3nc4scc(-c5cccs5)c4c(=O)n3C)cc(=O)oc2c1. The molecule has 5 rings (SSSR count). The molecule has 0 atom stereocenters. The van der Waals surface area contributed by atoms with Gasteiger partial charge < -0.3 is 4.42 Å². The highest BCUT2D eigenvalue weighted by Gasteiger charge is 2.17. The fraction of sp³-hybridized carbons (Fsp3) is 0.136. The van der Waals surface area contributed by atoms with Gasteiger partial charge in [-0.1, -0.05) is 30.0 Å². The number of fused-ring (bicyclic) bond motifs is 2. The van der Waals surface area contributed by atoms with E-state index >= 15 is 0 Å². The van der Waals surface area contributed by atoms with Crippen LogP contribution >= 0.6 is 34.4 Å². The van der Waals surface area contributed by atoms with E-state index in [0.29, 0.717) is 21.9 Å². The molecule has 5 aromatic rings. The molecule has 5 nitrogen and oxygen atoms in total. The lowest BCUT2D eigenvalue weighted by Gasteiger charge is -2.09. The molecule has 1 aromatic carbocycles. The van der Waals surface area contributed by atoms with E-state index in [4.69, 9.17) is 9.40 Å². The number of benzene rings is 1. The van der Waals surface area contributed by atoms with E-state index in [9.17, 15) is 9.59 Å². The van der Waals surface area contributed by atoms with Gasteiger partial charge in [0.25, 0.3) is 5.56 Å². The second-order valence-electron chi connectivity index (χ2n) is 6.94. The average molecular weight is 453 g/mol. The van der Waals surface area contributed by atoms with Crippen LogP contribution in [0.2, 0.25) is 0 Å². The number of aromatic nitrogens is 2. The number of rotatable bonds is 4. The van der Waals surface area contributed by atoms with E-state index in [0.717, 1.165) is 31.8 Å². The van der Waals surface area contributed by atoms with Crippen LogP contribution in [-0.4, -0.2) is 9.55 Å². The Labute approximate surface area is 183 Å². The van der Waals surface area contributed by atoms with Crippen molar-refractivity contribution in [3.63, 3.8) is 0 Å². The first-order valence-corrected chi connectivity index (χ1v) is 11.9. The molecular formula is C22H16N2O3S3. The van der Waals surface area contributed by atoms with Gasteiger partial charge in [0.05, 0.1) is 5.39 Å². The average Bonchev–Trinajstić information content (AvgIpc) is 3.38. The summed E-state index contributed by atoms with van der Waals surface area (Å²) in [7, 11) is 1.74. The van der Waals surface area contributed by atoms with Gasteiger partial charge in [0, 0.05) is 40.1 Å². The summed E-state index contributed by atoms with van der Waals surface area (Å²) in [5.74, 6) is 0.514. The highest BCUT2D eigenvalue weighted by molar-refractivity contribution is 7.98. The van der Waals surface area contributed by atoms with Crippen LogP contribution in [0.4, 0.5) is 0 Å². The molecule has 0 N–H and O–H groups in total. The first kappa shape index (κ1) is 19.3. The molecule has 30 heavy (non-hydrogen) atoms. The smallest absolute Gasteiger partial charge is 0.336 e. The van der Waals surface area contributed by atoms with Crippen molar-refractivity contribution in [2.75, 3.05) is 0 Å². The van der Waals surface area contributed by atoms with Crippen molar-refractivity contribution in [1.82, 2.24) is 9.55 Å². The Morgan fingerprint density at radius 2 is 2.03 bits per heavy atom. The molecule has 4 aromatic heterocycles. The van der Waals surface area contributed by atoms with E-state index in [2.05, 4.69) is 0 Å². The highest BCUT2D eigenvalue weighted by atomic mass is 32.2. The Balaban J connectivity index is 1.54. The highest BCUT2D eigenvalue weighted by Crippen LogP contribution is 2.35. The molecule has 0 radical (unpaired) electrons. The van der Waals surface area contributed by atoms with Crippen LogP contribution < -0.4 is 11.2 Å². The molecule has 0 spiro atoms. The molecule has 0 unspecified atom stereocenters. The molecule has 150 valence electrons. The minimum absolute atomic E-state index is 0.0554. The van der Waals surface area contributed by atoms with Crippen molar-refractivity contribution in [3.05, 3.63) is 79.1 Å². The largest absolute Gasteiger partial charge is 0.423 e. The van der Waals surface area contributed by atoms with Crippen LogP contribution in [-0.2, 0) is 12.8 Å². The third-order valence-electron chi connectivity index (χ3n) is 4.90. The predicted molar refractivity (Wildman–Crippen MR) is 125 cm³/mol. The van der Waals surface area contributed by atoms with Crippen molar-refractivity contribution >= 4 is 55.6 Å². The number of nitrogens with zero attached hydrogens (tertiary/aromatic N) is 2. The van der Waals surface area contributed by atoms with Gasteiger partial charge in [0.2, 0.25) is 0 Å². The van der Waals surface area contributed by atoms with Crippen LogP contribution in [0, 0.1) is 6.92 Å². The van der Waals surface area contributed by atoms with Crippen LogP contribution in [0.15, 0.2) is 66.3 Å². The lowest BCUT2D eigenvalue weighted by Crippen LogP contribution is -2.19. The molecule has 0 aliphatic carbocycles. The Hall–Kier alpha value is -2.68. The summed E-state index contributed by atoms with van der Waals surface area (Å²) in [6, 6.07) is 11.3. The van der Waals surface area contributed by atoms with Crippen molar-refractivity contribution < 1.29 is 4.42 Å². The number of hydrogen-bond donors (Lipinski definition) is 0. The Kier molecular flexibility index (Phi) is 4.85. The third kappa shape index (κ3) is 3.30. The normalized spacial score (nSPS) is 11.5. The summed E-state index contributed by atoms with van der Waals surface area (Å²) < 4.78 is 6.93. The summed E-state index contributed by atoms with van der Waals surface area (Å²) in [6.45, 7) is 1.96.